The summed E-state index contributed by atoms with van der Waals surface area (Å²) in [6.07, 6.45) is 26.8. The third-order valence-corrected chi connectivity index (χ3v) is 6.42. The Morgan fingerprint density at radius 2 is 1.25 bits per heavy atom. The number of carboxylic acid groups (broad SMARTS) is 1. The third kappa shape index (κ3) is 25.2. The van der Waals surface area contributed by atoms with Gasteiger partial charge < -0.3 is 15.2 Å². The molecule has 0 radical (unpaired) electrons. The van der Waals surface area contributed by atoms with E-state index >= 15 is 0 Å². The number of carbonyl (C=O) groups excluding carboxylic acids is 2. The second kappa shape index (κ2) is 26.2. The van der Waals surface area contributed by atoms with Gasteiger partial charge in [0.25, 0.3) is 0 Å². The lowest BCUT2D eigenvalue weighted by atomic mass is 10.0. The summed E-state index contributed by atoms with van der Waals surface area (Å²) >= 11 is 0. The van der Waals surface area contributed by atoms with E-state index in [-0.39, 0.29) is 24.5 Å². The van der Waals surface area contributed by atoms with Crippen LogP contribution in [0.5, 0.6) is 0 Å². The summed E-state index contributed by atoms with van der Waals surface area (Å²) in [5.41, 5.74) is 0. The maximum absolute atomic E-state index is 12.2. The summed E-state index contributed by atoms with van der Waals surface area (Å²) in [6.45, 7) is 4.02. The van der Waals surface area contributed by atoms with Gasteiger partial charge in [-0.15, -0.1) is 0 Å². The minimum absolute atomic E-state index is 0.0357. The van der Waals surface area contributed by atoms with Crippen LogP contribution in [0.2, 0.25) is 0 Å². The number of carbonyl (C=O) groups is 3. The zero-order valence-corrected chi connectivity index (χ0v) is 23.4. The predicted molar refractivity (Wildman–Crippen MR) is 148 cm³/mol. The van der Waals surface area contributed by atoms with Crippen molar-refractivity contribution < 1.29 is 24.2 Å². The van der Waals surface area contributed by atoms with E-state index in [1.807, 2.05) is 0 Å². The van der Waals surface area contributed by atoms with Crippen molar-refractivity contribution in [2.75, 3.05) is 6.54 Å². The van der Waals surface area contributed by atoms with Crippen molar-refractivity contribution >= 4 is 17.8 Å². The van der Waals surface area contributed by atoms with E-state index in [4.69, 9.17) is 9.84 Å². The van der Waals surface area contributed by atoms with E-state index in [9.17, 15) is 14.4 Å². The van der Waals surface area contributed by atoms with Crippen molar-refractivity contribution in [1.82, 2.24) is 5.32 Å². The fraction of sp³-hybridized carbons (Fsp3) is 0.833. The van der Waals surface area contributed by atoms with Crippen LogP contribution in [-0.4, -0.2) is 35.6 Å². The molecule has 210 valence electrons. The molecule has 6 heteroatoms. The molecule has 2 N–H and O–H groups in total. The van der Waals surface area contributed by atoms with Crippen LogP contribution in [0.25, 0.3) is 0 Å². The number of aliphatic carboxylic acids is 1. The molecule has 1 atom stereocenters. The molecule has 6 nitrogen and oxygen atoms in total. The van der Waals surface area contributed by atoms with Crippen LogP contribution < -0.4 is 5.32 Å². The summed E-state index contributed by atoms with van der Waals surface area (Å²) in [7, 11) is 0. The first-order valence-electron chi connectivity index (χ1n) is 14.8. The summed E-state index contributed by atoms with van der Waals surface area (Å²) < 4.78 is 5.71. The molecule has 0 aliphatic heterocycles. The molecule has 0 aromatic rings. The molecule has 0 heterocycles. The fourth-order valence-corrected chi connectivity index (χ4v) is 4.27. The maximum Gasteiger partial charge on any atom is 0.322 e. The van der Waals surface area contributed by atoms with Gasteiger partial charge in [-0.2, -0.15) is 0 Å². The molecular weight excluding hydrogens is 454 g/mol. The number of allylic oxidation sites excluding steroid dienone is 2. The van der Waals surface area contributed by atoms with Crippen molar-refractivity contribution in [1.29, 1.82) is 0 Å². The quantitative estimate of drug-likeness (QED) is 0.0702. The monoisotopic (exact) mass is 509 g/mol. The number of unbranched alkanes of at least 4 members (excludes halogenated alkanes) is 13. The highest BCUT2D eigenvalue weighted by Crippen LogP contribution is 2.15. The lowest BCUT2D eigenvalue weighted by Gasteiger charge is -2.17. The first-order chi connectivity index (χ1) is 17.5. The van der Waals surface area contributed by atoms with Crippen molar-refractivity contribution in [3.8, 4) is 0 Å². The molecule has 0 fully saturated rings. The number of amides is 1. The highest BCUT2D eigenvalue weighted by molar-refractivity contribution is 5.80. The van der Waals surface area contributed by atoms with Crippen molar-refractivity contribution in [2.45, 2.75) is 155 Å². The minimum Gasteiger partial charge on any atom is -0.480 e. The molecule has 0 aliphatic carbocycles. The lowest BCUT2D eigenvalue weighted by molar-refractivity contribution is -0.150. The molecule has 0 saturated carbocycles. The van der Waals surface area contributed by atoms with Gasteiger partial charge in [0, 0.05) is 12.8 Å². The van der Waals surface area contributed by atoms with E-state index in [0.29, 0.717) is 19.3 Å². The first-order valence-corrected chi connectivity index (χ1v) is 14.8. The van der Waals surface area contributed by atoms with E-state index in [1.54, 1.807) is 0 Å². The second-order valence-electron chi connectivity index (χ2n) is 10.0. The van der Waals surface area contributed by atoms with Crippen LogP contribution >= 0.6 is 0 Å². The zero-order valence-electron chi connectivity index (χ0n) is 23.4. The van der Waals surface area contributed by atoms with Crippen LogP contribution in [0.4, 0.5) is 0 Å². The number of ether oxygens (including phenoxy) is 1. The summed E-state index contributed by atoms with van der Waals surface area (Å²) in [5, 5.41) is 10.9. The van der Waals surface area contributed by atoms with Gasteiger partial charge >= 0.3 is 11.9 Å². The molecule has 0 spiro atoms. The summed E-state index contributed by atoms with van der Waals surface area (Å²) in [6, 6.07) is 0. The first kappa shape index (κ1) is 34.1. The average Bonchev–Trinajstić information content (AvgIpc) is 2.85. The van der Waals surface area contributed by atoms with Gasteiger partial charge in [0.15, 0.2) is 0 Å². The molecule has 0 saturated heterocycles. The Morgan fingerprint density at radius 1 is 0.694 bits per heavy atom. The van der Waals surface area contributed by atoms with Gasteiger partial charge in [0.1, 0.15) is 12.6 Å². The second-order valence-corrected chi connectivity index (χ2v) is 10.0. The highest BCUT2D eigenvalue weighted by atomic mass is 16.5. The predicted octanol–water partition coefficient (Wildman–Crippen LogP) is 7.89. The van der Waals surface area contributed by atoms with Gasteiger partial charge in [-0.3, -0.25) is 14.4 Å². The van der Waals surface area contributed by atoms with Crippen molar-refractivity contribution in [3.05, 3.63) is 12.2 Å². The van der Waals surface area contributed by atoms with Gasteiger partial charge in [-0.25, -0.2) is 0 Å². The number of hydrogen-bond acceptors (Lipinski definition) is 4. The molecule has 1 unspecified atom stereocenters. The fourth-order valence-electron chi connectivity index (χ4n) is 4.27. The Hall–Kier alpha value is -1.85. The van der Waals surface area contributed by atoms with Gasteiger partial charge in [0.05, 0.1) is 0 Å². The lowest BCUT2D eigenvalue weighted by Crippen LogP contribution is -2.28. The Labute approximate surface area is 221 Å². The summed E-state index contributed by atoms with van der Waals surface area (Å²) in [5.74, 6) is -1.35. The Bertz CT molecular complexity index is 576. The molecule has 0 aromatic carbocycles. The standard InChI is InChI=1S/C30H55NO5/c1-3-5-6-7-8-9-10-11-12-13-14-15-16-17-21-25-30(35)36-27(22-4-2)23-19-18-20-24-28(32)31-26-29(33)34/h11-12,27H,3-10,13-26H2,1-2H3,(H,31,32)(H,33,34)/b12-11-. The number of rotatable bonds is 26. The third-order valence-electron chi connectivity index (χ3n) is 6.42. The van der Waals surface area contributed by atoms with Crippen LogP contribution in [0.15, 0.2) is 12.2 Å². The Balaban J connectivity index is 3.67. The van der Waals surface area contributed by atoms with Gasteiger partial charge in [-0.1, -0.05) is 90.2 Å². The SMILES string of the molecule is CCCCCCCC/C=C\CCCCCCCC(=O)OC(CCC)CCCCCC(=O)NCC(=O)O. The van der Waals surface area contributed by atoms with Gasteiger partial charge in [0.2, 0.25) is 5.91 Å². The highest BCUT2D eigenvalue weighted by Gasteiger charge is 2.13. The average molecular weight is 510 g/mol. The van der Waals surface area contributed by atoms with E-state index in [1.165, 1.54) is 70.6 Å². The largest absolute Gasteiger partial charge is 0.480 e. The smallest absolute Gasteiger partial charge is 0.322 e. The zero-order chi connectivity index (χ0) is 26.7. The normalized spacial score (nSPS) is 12.1. The molecule has 0 bridgehead atoms. The molecule has 1 amide bonds. The molecular formula is C30H55NO5. The maximum atomic E-state index is 12.2. The van der Waals surface area contributed by atoms with Crippen molar-refractivity contribution in [2.24, 2.45) is 0 Å². The molecule has 0 aromatic heterocycles. The number of esters is 1. The number of nitrogens with one attached hydrogen (secondary N) is 1. The number of hydrogen-bond donors (Lipinski definition) is 2. The Kier molecular flexibility index (Phi) is 24.9. The molecule has 0 aliphatic rings. The van der Waals surface area contributed by atoms with E-state index < -0.39 is 5.97 Å². The van der Waals surface area contributed by atoms with E-state index in [2.05, 4.69) is 31.3 Å². The topological polar surface area (TPSA) is 92.7 Å². The van der Waals surface area contributed by atoms with Gasteiger partial charge in [-0.05, 0) is 57.8 Å². The minimum atomic E-state index is -1.03. The van der Waals surface area contributed by atoms with E-state index in [0.717, 1.165) is 44.9 Å². The number of carboxylic acids is 1. The van der Waals surface area contributed by atoms with Crippen molar-refractivity contribution in [3.63, 3.8) is 0 Å². The molecule has 0 rings (SSSR count). The van der Waals surface area contributed by atoms with Crippen LogP contribution in [-0.2, 0) is 19.1 Å². The summed E-state index contributed by atoms with van der Waals surface area (Å²) in [4.78, 5) is 34.2. The Morgan fingerprint density at radius 3 is 1.86 bits per heavy atom. The van der Waals surface area contributed by atoms with Crippen LogP contribution in [0.1, 0.15) is 149 Å². The van der Waals surface area contributed by atoms with Crippen LogP contribution in [0, 0.1) is 0 Å². The van der Waals surface area contributed by atoms with Crippen LogP contribution in [0.3, 0.4) is 0 Å². The molecule has 36 heavy (non-hydrogen) atoms.